The largest absolute Gasteiger partial charge is 0.497 e. The molecule has 3 heteroatoms. The summed E-state index contributed by atoms with van der Waals surface area (Å²) in [4.78, 5) is 0. The van der Waals surface area contributed by atoms with E-state index in [1.807, 2.05) is 6.07 Å². The first-order chi connectivity index (χ1) is 8.29. The van der Waals surface area contributed by atoms with Crippen LogP contribution in [0.25, 0.3) is 0 Å². The van der Waals surface area contributed by atoms with Crippen LogP contribution in [0.4, 0.5) is 5.69 Å². The van der Waals surface area contributed by atoms with Gasteiger partial charge in [0.1, 0.15) is 5.75 Å². The van der Waals surface area contributed by atoms with E-state index in [0.717, 1.165) is 25.3 Å². The molecule has 1 heterocycles. The Morgan fingerprint density at radius 3 is 3.00 bits per heavy atom. The minimum absolute atomic E-state index is 0.459. The van der Waals surface area contributed by atoms with Crippen molar-refractivity contribution in [2.45, 2.75) is 32.3 Å². The van der Waals surface area contributed by atoms with Gasteiger partial charge in [-0.25, -0.2) is 0 Å². The van der Waals surface area contributed by atoms with E-state index in [-0.39, 0.29) is 0 Å². The van der Waals surface area contributed by atoms with Crippen LogP contribution in [0.2, 0.25) is 0 Å². The van der Waals surface area contributed by atoms with Crippen molar-refractivity contribution in [3.05, 3.63) is 23.8 Å². The minimum atomic E-state index is 0.459. The second kappa shape index (κ2) is 5.92. The summed E-state index contributed by atoms with van der Waals surface area (Å²) in [5.41, 5.74) is 2.40. The molecule has 1 N–H and O–H groups in total. The molecule has 1 aromatic rings. The molecule has 1 aliphatic heterocycles. The second-order valence-electron chi connectivity index (χ2n) is 4.53. The quantitative estimate of drug-likeness (QED) is 0.851. The van der Waals surface area contributed by atoms with Crippen molar-refractivity contribution in [2.24, 2.45) is 0 Å². The van der Waals surface area contributed by atoms with E-state index < -0.39 is 0 Å². The first kappa shape index (κ1) is 12.2. The molecule has 0 bridgehead atoms. The fourth-order valence-corrected chi connectivity index (χ4v) is 2.20. The van der Waals surface area contributed by atoms with Crippen molar-refractivity contribution in [1.29, 1.82) is 0 Å². The Kier molecular flexibility index (Phi) is 4.26. The summed E-state index contributed by atoms with van der Waals surface area (Å²) in [5, 5.41) is 3.46. The standard InChI is InChI=1S/C14H21NO2/c1-11-10-13(16-2)5-6-14(11)15-8-7-12-4-3-9-17-12/h5-6,10,12,15H,3-4,7-9H2,1-2H3. The maximum absolute atomic E-state index is 5.60. The fourth-order valence-electron chi connectivity index (χ4n) is 2.20. The lowest BCUT2D eigenvalue weighted by atomic mass is 10.1. The van der Waals surface area contributed by atoms with Crippen molar-refractivity contribution in [1.82, 2.24) is 0 Å². The molecular formula is C14H21NO2. The summed E-state index contributed by atoms with van der Waals surface area (Å²) in [6.07, 6.45) is 3.97. The third-order valence-corrected chi connectivity index (χ3v) is 3.24. The van der Waals surface area contributed by atoms with Gasteiger partial charge in [-0.3, -0.25) is 0 Å². The van der Waals surface area contributed by atoms with E-state index in [1.165, 1.54) is 24.1 Å². The third kappa shape index (κ3) is 3.37. The summed E-state index contributed by atoms with van der Waals surface area (Å²) in [6, 6.07) is 6.11. The summed E-state index contributed by atoms with van der Waals surface area (Å²) >= 11 is 0. The highest BCUT2D eigenvalue weighted by atomic mass is 16.5. The molecule has 0 radical (unpaired) electrons. The molecule has 0 aliphatic carbocycles. The van der Waals surface area contributed by atoms with Crippen LogP contribution < -0.4 is 10.1 Å². The summed E-state index contributed by atoms with van der Waals surface area (Å²) in [7, 11) is 1.69. The SMILES string of the molecule is COc1ccc(NCCC2CCCO2)c(C)c1. The zero-order valence-corrected chi connectivity index (χ0v) is 10.7. The smallest absolute Gasteiger partial charge is 0.119 e. The Morgan fingerprint density at radius 1 is 1.47 bits per heavy atom. The molecule has 1 saturated heterocycles. The van der Waals surface area contributed by atoms with E-state index >= 15 is 0 Å². The van der Waals surface area contributed by atoms with Gasteiger partial charge in [0.2, 0.25) is 0 Å². The van der Waals surface area contributed by atoms with E-state index in [2.05, 4.69) is 24.4 Å². The molecule has 0 aromatic heterocycles. The van der Waals surface area contributed by atoms with Crippen LogP contribution in [-0.4, -0.2) is 26.4 Å². The topological polar surface area (TPSA) is 30.5 Å². The molecule has 1 aromatic carbocycles. The molecule has 1 unspecified atom stereocenters. The van der Waals surface area contributed by atoms with Crippen molar-refractivity contribution < 1.29 is 9.47 Å². The van der Waals surface area contributed by atoms with Crippen LogP contribution >= 0.6 is 0 Å². The molecule has 3 nitrogen and oxygen atoms in total. The predicted molar refractivity (Wildman–Crippen MR) is 69.8 cm³/mol. The van der Waals surface area contributed by atoms with Crippen LogP contribution in [0.5, 0.6) is 5.75 Å². The molecule has 17 heavy (non-hydrogen) atoms. The zero-order chi connectivity index (χ0) is 12.1. The summed E-state index contributed by atoms with van der Waals surface area (Å²) in [5.74, 6) is 0.909. The monoisotopic (exact) mass is 235 g/mol. The highest BCUT2D eigenvalue weighted by molar-refractivity contribution is 5.53. The highest BCUT2D eigenvalue weighted by Crippen LogP contribution is 2.21. The van der Waals surface area contributed by atoms with Gasteiger partial charge in [0.15, 0.2) is 0 Å². The number of aryl methyl sites for hydroxylation is 1. The first-order valence-corrected chi connectivity index (χ1v) is 6.29. The zero-order valence-electron chi connectivity index (χ0n) is 10.7. The molecule has 0 amide bonds. The Balaban J connectivity index is 1.81. The molecule has 0 saturated carbocycles. The number of ether oxygens (including phenoxy) is 2. The Labute approximate surface area is 103 Å². The Hall–Kier alpha value is -1.22. The van der Waals surface area contributed by atoms with Gasteiger partial charge in [0.05, 0.1) is 13.2 Å². The van der Waals surface area contributed by atoms with Crippen LogP contribution in [0.3, 0.4) is 0 Å². The van der Waals surface area contributed by atoms with Crippen molar-refractivity contribution in [3.63, 3.8) is 0 Å². The predicted octanol–water partition coefficient (Wildman–Crippen LogP) is 2.98. The molecule has 1 aliphatic rings. The van der Waals surface area contributed by atoms with Crippen molar-refractivity contribution in [2.75, 3.05) is 25.6 Å². The lowest BCUT2D eigenvalue weighted by Crippen LogP contribution is -2.12. The molecule has 2 rings (SSSR count). The molecule has 94 valence electrons. The lowest BCUT2D eigenvalue weighted by molar-refractivity contribution is 0.107. The van der Waals surface area contributed by atoms with E-state index in [1.54, 1.807) is 7.11 Å². The van der Waals surface area contributed by atoms with Gasteiger partial charge >= 0.3 is 0 Å². The second-order valence-corrected chi connectivity index (χ2v) is 4.53. The van der Waals surface area contributed by atoms with E-state index in [4.69, 9.17) is 9.47 Å². The fraction of sp³-hybridized carbons (Fsp3) is 0.571. The van der Waals surface area contributed by atoms with Gasteiger partial charge in [-0.05, 0) is 49.9 Å². The molecular weight excluding hydrogens is 214 g/mol. The minimum Gasteiger partial charge on any atom is -0.497 e. The van der Waals surface area contributed by atoms with Crippen LogP contribution in [0.1, 0.15) is 24.8 Å². The van der Waals surface area contributed by atoms with E-state index in [0.29, 0.717) is 6.10 Å². The number of hydrogen-bond acceptors (Lipinski definition) is 3. The summed E-state index contributed by atoms with van der Waals surface area (Å²) < 4.78 is 10.8. The molecule has 0 spiro atoms. The van der Waals surface area contributed by atoms with Gasteiger partial charge in [-0.2, -0.15) is 0 Å². The van der Waals surface area contributed by atoms with Gasteiger partial charge in [-0.15, -0.1) is 0 Å². The molecule has 1 fully saturated rings. The van der Waals surface area contributed by atoms with Gasteiger partial charge in [0, 0.05) is 18.8 Å². The lowest BCUT2D eigenvalue weighted by Gasteiger charge is -2.13. The average Bonchev–Trinajstić information content (AvgIpc) is 2.84. The number of rotatable bonds is 5. The maximum Gasteiger partial charge on any atom is 0.119 e. The number of nitrogens with one attached hydrogen (secondary N) is 1. The molecule has 1 atom stereocenters. The van der Waals surface area contributed by atoms with Gasteiger partial charge in [0.25, 0.3) is 0 Å². The van der Waals surface area contributed by atoms with E-state index in [9.17, 15) is 0 Å². The first-order valence-electron chi connectivity index (χ1n) is 6.29. The highest BCUT2D eigenvalue weighted by Gasteiger charge is 2.14. The van der Waals surface area contributed by atoms with Crippen molar-refractivity contribution in [3.8, 4) is 5.75 Å². The number of benzene rings is 1. The number of methoxy groups -OCH3 is 1. The van der Waals surface area contributed by atoms with Gasteiger partial charge in [-0.1, -0.05) is 0 Å². The van der Waals surface area contributed by atoms with Crippen LogP contribution in [-0.2, 0) is 4.74 Å². The Bertz CT molecular complexity index is 359. The van der Waals surface area contributed by atoms with Crippen LogP contribution in [0, 0.1) is 6.92 Å². The van der Waals surface area contributed by atoms with Crippen molar-refractivity contribution >= 4 is 5.69 Å². The maximum atomic E-state index is 5.60. The number of anilines is 1. The normalized spacial score (nSPS) is 19.3. The van der Waals surface area contributed by atoms with Crippen LogP contribution in [0.15, 0.2) is 18.2 Å². The summed E-state index contributed by atoms with van der Waals surface area (Å²) in [6.45, 7) is 4.00. The van der Waals surface area contributed by atoms with Gasteiger partial charge < -0.3 is 14.8 Å². The average molecular weight is 235 g/mol. The Morgan fingerprint density at radius 2 is 2.35 bits per heavy atom. The number of hydrogen-bond donors (Lipinski definition) is 1. The third-order valence-electron chi connectivity index (χ3n) is 3.24.